The minimum Gasteiger partial charge on any atom is -0.497 e. The smallest absolute Gasteiger partial charge is 0.336 e. The van der Waals surface area contributed by atoms with E-state index in [2.05, 4.69) is 5.32 Å². The largest absolute Gasteiger partial charge is 0.497 e. The molecule has 0 spiro atoms. The first-order chi connectivity index (χ1) is 14.3. The van der Waals surface area contributed by atoms with E-state index in [1.165, 1.54) is 25.3 Å². The van der Waals surface area contributed by atoms with Gasteiger partial charge in [-0.05, 0) is 29.8 Å². The molecule has 3 rings (SSSR count). The summed E-state index contributed by atoms with van der Waals surface area (Å²) in [7, 11) is 2.57. The molecule has 7 nitrogen and oxygen atoms in total. The molecule has 30 heavy (non-hydrogen) atoms. The number of hydrogen-bond acceptors (Lipinski definition) is 6. The molecule has 1 N–H and O–H groups in total. The van der Waals surface area contributed by atoms with Crippen molar-refractivity contribution in [3.8, 4) is 5.75 Å². The van der Waals surface area contributed by atoms with Crippen LogP contribution < -0.4 is 15.7 Å². The number of halogens is 2. The molecule has 0 fully saturated rings. The van der Waals surface area contributed by atoms with Crippen molar-refractivity contribution in [3.05, 3.63) is 75.6 Å². The maximum Gasteiger partial charge on any atom is 0.336 e. The summed E-state index contributed by atoms with van der Waals surface area (Å²) >= 11 is 0. The second kappa shape index (κ2) is 8.73. The van der Waals surface area contributed by atoms with Crippen LogP contribution in [0.25, 0.3) is 11.0 Å². The number of esters is 1. The Hall–Kier alpha value is -3.75. The number of fused-ring (bicyclic) bond motifs is 1. The van der Waals surface area contributed by atoms with Gasteiger partial charge in [-0.3, -0.25) is 4.79 Å². The Balaban J connectivity index is 1.96. The summed E-state index contributed by atoms with van der Waals surface area (Å²) in [5, 5.41) is 2.84. The third kappa shape index (κ3) is 4.29. The number of amides is 1. The Morgan fingerprint density at radius 1 is 1.13 bits per heavy atom. The van der Waals surface area contributed by atoms with Gasteiger partial charge in [-0.25, -0.2) is 18.4 Å². The highest BCUT2D eigenvalue weighted by molar-refractivity contribution is 5.97. The van der Waals surface area contributed by atoms with Gasteiger partial charge in [0, 0.05) is 23.9 Å². The van der Waals surface area contributed by atoms with Crippen LogP contribution >= 0.6 is 0 Å². The van der Waals surface area contributed by atoms with Gasteiger partial charge in [-0.1, -0.05) is 6.07 Å². The highest BCUT2D eigenvalue weighted by Crippen LogP contribution is 2.23. The number of carbonyl (C=O) groups is 2. The van der Waals surface area contributed by atoms with E-state index in [9.17, 15) is 23.2 Å². The topological polar surface area (TPSA) is 94.8 Å². The Labute approximate surface area is 169 Å². The zero-order valence-corrected chi connectivity index (χ0v) is 16.0. The normalized spacial score (nSPS) is 11.7. The molecule has 9 heteroatoms. The molecule has 0 aliphatic carbocycles. The number of rotatable bonds is 6. The number of methoxy groups -OCH3 is 2. The van der Waals surface area contributed by atoms with Gasteiger partial charge in [-0.2, -0.15) is 0 Å². The molecule has 1 heterocycles. The fourth-order valence-corrected chi connectivity index (χ4v) is 2.98. The third-order valence-electron chi connectivity index (χ3n) is 4.45. The molecule has 0 aliphatic rings. The lowest BCUT2D eigenvalue weighted by molar-refractivity contribution is -0.142. The summed E-state index contributed by atoms with van der Waals surface area (Å²) in [6.45, 7) is 0. The second-order valence-electron chi connectivity index (χ2n) is 6.31. The lowest BCUT2D eigenvalue weighted by Gasteiger charge is -2.17. The molecule has 3 aromatic rings. The average Bonchev–Trinajstić information content (AvgIpc) is 2.73. The van der Waals surface area contributed by atoms with Crippen LogP contribution in [-0.4, -0.2) is 32.1 Å². The van der Waals surface area contributed by atoms with Gasteiger partial charge in [0.05, 0.1) is 19.8 Å². The second-order valence-corrected chi connectivity index (χ2v) is 6.31. The fraction of sp³-hybridized carbons (Fsp3) is 0.190. The van der Waals surface area contributed by atoms with Gasteiger partial charge in [-0.15, -0.1) is 0 Å². The Bertz CT molecular complexity index is 1170. The van der Waals surface area contributed by atoms with Crippen molar-refractivity contribution >= 4 is 22.8 Å². The number of hydrogen-bond donors (Lipinski definition) is 1. The monoisotopic (exact) mass is 417 g/mol. The van der Waals surface area contributed by atoms with Crippen LogP contribution in [0.2, 0.25) is 0 Å². The molecule has 2 aromatic carbocycles. The zero-order chi connectivity index (χ0) is 21.8. The molecular formula is C21H17F2NO6. The van der Waals surface area contributed by atoms with Crippen LogP contribution in [0.3, 0.4) is 0 Å². The van der Waals surface area contributed by atoms with E-state index in [0.29, 0.717) is 16.7 Å². The Morgan fingerprint density at radius 2 is 1.90 bits per heavy atom. The lowest BCUT2D eigenvalue weighted by Crippen LogP contribution is -2.43. The molecule has 0 saturated heterocycles. The van der Waals surface area contributed by atoms with E-state index in [4.69, 9.17) is 13.9 Å². The SMILES string of the molecule is COC(=O)[C@@H](Cc1cc(=O)oc2cc(OC)ccc12)NC(=O)c1cccc(F)c1F. The first-order valence-corrected chi connectivity index (χ1v) is 8.77. The summed E-state index contributed by atoms with van der Waals surface area (Å²) in [5.74, 6) is -3.90. The molecule has 1 amide bonds. The maximum absolute atomic E-state index is 13.9. The average molecular weight is 417 g/mol. The molecule has 0 aliphatic heterocycles. The van der Waals surface area contributed by atoms with Crippen LogP contribution in [-0.2, 0) is 16.0 Å². The fourth-order valence-electron chi connectivity index (χ4n) is 2.98. The number of benzene rings is 2. The molecule has 1 atom stereocenters. The third-order valence-corrected chi connectivity index (χ3v) is 4.45. The van der Waals surface area contributed by atoms with Crippen LogP contribution in [0.1, 0.15) is 15.9 Å². The van der Waals surface area contributed by atoms with E-state index in [-0.39, 0.29) is 12.0 Å². The van der Waals surface area contributed by atoms with E-state index < -0.39 is 40.7 Å². The predicted octanol–water partition coefficient (Wildman–Crippen LogP) is 2.59. The summed E-state index contributed by atoms with van der Waals surface area (Å²) in [6, 6.07) is 7.82. The summed E-state index contributed by atoms with van der Waals surface area (Å²) in [6.07, 6.45) is -0.149. The highest BCUT2D eigenvalue weighted by atomic mass is 19.2. The number of carbonyl (C=O) groups excluding carboxylic acids is 2. The first kappa shape index (κ1) is 21.0. The molecule has 0 bridgehead atoms. The highest BCUT2D eigenvalue weighted by Gasteiger charge is 2.26. The van der Waals surface area contributed by atoms with Crippen molar-refractivity contribution in [2.24, 2.45) is 0 Å². The van der Waals surface area contributed by atoms with Gasteiger partial charge in [0.1, 0.15) is 17.4 Å². The quantitative estimate of drug-likeness (QED) is 0.489. The van der Waals surface area contributed by atoms with Crippen LogP contribution in [0.5, 0.6) is 5.75 Å². The van der Waals surface area contributed by atoms with Crippen molar-refractivity contribution in [2.45, 2.75) is 12.5 Å². The van der Waals surface area contributed by atoms with Crippen LogP contribution in [0.15, 0.2) is 51.7 Å². The zero-order valence-electron chi connectivity index (χ0n) is 16.0. The molecule has 156 valence electrons. The number of nitrogens with one attached hydrogen (secondary N) is 1. The van der Waals surface area contributed by atoms with Crippen molar-refractivity contribution < 1.29 is 32.3 Å². The van der Waals surface area contributed by atoms with Crippen LogP contribution in [0.4, 0.5) is 8.78 Å². The summed E-state index contributed by atoms with van der Waals surface area (Å²) < 4.78 is 42.3. The maximum atomic E-state index is 13.9. The minimum absolute atomic E-state index is 0.149. The van der Waals surface area contributed by atoms with E-state index in [1.807, 2.05) is 0 Å². The molecule has 0 unspecified atom stereocenters. The first-order valence-electron chi connectivity index (χ1n) is 8.77. The summed E-state index contributed by atoms with van der Waals surface area (Å²) in [4.78, 5) is 36.6. The Kier molecular flexibility index (Phi) is 6.10. The Morgan fingerprint density at radius 3 is 2.60 bits per heavy atom. The predicted molar refractivity (Wildman–Crippen MR) is 102 cm³/mol. The van der Waals surface area contributed by atoms with E-state index >= 15 is 0 Å². The molecule has 0 saturated carbocycles. The van der Waals surface area contributed by atoms with Gasteiger partial charge in [0.2, 0.25) is 0 Å². The van der Waals surface area contributed by atoms with Crippen LogP contribution in [0, 0.1) is 11.6 Å². The standard InChI is InChI=1S/C21H17F2NO6/c1-28-12-6-7-13-11(9-18(25)30-17(13)10-12)8-16(21(27)29-2)24-20(26)14-4-3-5-15(22)19(14)23/h3-7,9-10,16H,8H2,1-2H3,(H,24,26)/t16-/m1/s1. The van der Waals surface area contributed by atoms with E-state index in [0.717, 1.165) is 19.2 Å². The van der Waals surface area contributed by atoms with E-state index in [1.54, 1.807) is 12.1 Å². The lowest BCUT2D eigenvalue weighted by atomic mass is 10.0. The van der Waals surface area contributed by atoms with Crippen molar-refractivity contribution in [3.63, 3.8) is 0 Å². The molecule has 0 radical (unpaired) electrons. The molecular weight excluding hydrogens is 400 g/mol. The van der Waals surface area contributed by atoms with Crippen molar-refractivity contribution in [1.82, 2.24) is 5.32 Å². The molecule has 1 aromatic heterocycles. The van der Waals surface area contributed by atoms with Crippen molar-refractivity contribution in [1.29, 1.82) is 0 Å². The van der Waals surface area contributed by atoms with Gasteiger partial charge >= 0.3 is 11.6 Å². The van der Waals surface area contributed by atoms with Gasteiger partial charge in [0.25, 0.3) is 5.91 Å². The van der Waals surface area contributed by atoms with Gasteiger partial charge in [0.15, 0.2) is 11.6 Å². The summed E-state index contributed by atoms with van der Waals surface area (Å²) in [5.41, 5.74) is -0.620. The van der Waals surface area contributed by atoms with Crippen molar-refractivity contribution in [2.75, 3.05) is 14.2 Å². The van der Waals surface area contributed by atoms with Gasteiger partial charge < -0.3 is 19.2 Å². The minimum atomic E-state index is -1.34. The number of ether oxygens (including phenoxy) is 2.